The van der Waals surface area contributed by atoms with Gasteiger partial charge in [0.2, 0.25) is 0 Å². The summed E-state index contributed by atoms with van der Waals surface area (Å²) >= 11 is 1.66. The van der Waals surface area contributed by atoms with Crippen molar-refractivity contribution < 1.29 is 4.74 Å². The summed E-state index contributed by atoms with van der Waals surface area (Å²) in [6.07, 6.45) is 5.73. The molecule has 0 atom stereocenters. The molecular formula is C15H14OS. The third kappa shape index (κ3) is 2.51. The van der Waals surface area contributed by atoms with Crippen LogP contribution in [-0.4, -0.2) is 6.10 Å². The summed E-state index contributed by atoms with van der Waals surface area (Å²) in [6.45, 7) is 4.00. The second-order valence-electron chi connectivity index (χ2n) is 4.00. The summed E-state index contributed by atoms with van der Waals surface area (Å²) in [5, 5.41) is 4.14. The van der Waals surface area contributed by atoms with Crippen molar-refractivity contribution in [2.75, 3.05) is 0 Å². The van der Waals surface area contributed by atoms with E-state index in [2.05, 4.69) is 17.4 Å². The van der Waals surface area contributed by atoms with Crippen LogP contribution in [0.3, 0.4) is 0 Å². The summed E-state index contributed by atoms with van der Waals surface area (Å²) in [6, 6.07) is 8.00. The van der Waals surface area contributed by atoms with E-state index < -0.39 is 0 Å². The fraction of sp³-hybridized carbons (Fsp3) is 0.200. The average Bonchev–Trinajstić information content (AvgIpc) is 2.81. The lowest BCUT2D eigenvalue weighted by molar-refractivity contribution is 0.242. The van der Waals surface area contributed by atoms with E-state index in [0.717, 1.165) is 22.4 Å². The first-order valence-corrected chi connectivity index (χ1v) is 6.45. The topological polar surface area (TPSA) is 9.23 Å². The third-order valence-corrected chi connectivity index (χ3v) is 3.05. The molecule has 0 aliphatic heterocycles. The lowest BCUT2D eigenvalue weighted by atomic mass is 10.0. The van der Waals surface area contributed by atoms with Gasteiger partial charge in [0.25, 0.3) is 0 Å². The van der Waals surface area contributed by atoms with Crippen molar-refractivity contribution in [3.05, 3.63) is 40.6 Å². The Morgan fingerprint density at radius 1 is 1.29 bits per heavy atom. The summed E-state index contributed by atoms with van der Waals surface area (Å²) in [7, 11) is 0. The van der Waals surface area contributed by atoms with Crippen LogP contribution in [0.1, 0.15) is 19.4 Å². The third-order valence-electron chi connectivity index (χ3n) is 2.37. The number of terminal acetylenes is 1. The van der Waals surface area contributed by atoms with Gasteiger partial charge in [-0.25, -0.2) is 0 Å². The lowest BCUT2D eigenvalue weighted by Crippen LogP contribution is -2.07. The van der Waals surface area contributed by atoms with Crippen LogP contribution < -0.4 is 4.74 Å². The van der Waals surface area contributed by atoms with Gasteiger partial charge in [-0.2, -0.15) is 11.3 Å². The monoisotopic (exact) mass is 242 g/mol. The Morgan fingerprint density at radius 2 is 2.12 bits per heavy atom. The molecule has 0 aliphatic carbocycles. The number of thiophene rings is 1. The van der Waals surface area contributed by atoms with Crippen molar-refractivity contribution in [1.82, 2.24) is 0 Å². The maximum absolute atomic E-state index is 5.74. The van der Waals surface area contributed by atoms with Crippen molar-refractivity contribution in [3.8, 4) is 29.2 Å². The molecule has 0 fully saturated rings. The first kappa shape index (κ1) is 11.8. The van der Waals surface area contributed by atoms with Crippen LogP contribution in [0.5, 0.6) is 5.75 Å². The minimum Gasteiger partial charge on any atom is -0.490 e. The van der Waals surface area contributed by atoms with Crippen LogP contribution in [0.4, 0.5) is 0 Å². The van der Waals surface area contributed by atoms with E-state index >= 15 is 0 Å². The molecule has 0 aliphatic rings. The fourth-order valence-corrected chi connectivity index (χ4v) is 2.35. The molecular weight excluding hydrogens is 228 g/mol. The zero-order chi connectivity index (χ0) is 12.3. The Labute approximate surface area is 106 Å². The second-order valence-corrected chi connectivity index (χ2v) is 4.78. The van der Waals surface area contributed by atoms with Crippen LogP contribution in [0.15, 0.2) is 35.0 Å². The Kier molecular flexibility index (Phi) is 3.51. The highest BCUT2D eigenvalue weighted by Crippen LogP contribution is 2.31. The molecule has 0 spiro atoms. The van der Waals surface area contributed by atoms with Crippen LogP contribution in [0.25, 0.3) is 11.1 Å². The quantitative estimate of drug-likeness (QED) is 0.733. The van der Waals surface area contributed by atoms with Gasteiger partial charge in [0.15, 0.2) is 0 Å². The molecule has 1 heterocycles. The van der Waals surface area contributed by atoms with Crippen LogP contribution >= 0.6 is 11.3 Å². The zero-order valence-electron chi connectivity index (χ0n) is 9.94. The van der Waals surface area contributed by atoms with E-state index in [0.29, 0.717) is 0 Å². The molecule has 17 heavy (non-hydrogen) atoms. The highest BCUT2D eigenvalue weighted by molar-refractivity contribution is 7.08. The number of hydrogen-bond acceptors (Lipinski definition) is 2. The molecule has 1 aromatic carbocycles. The first-order chi connectivity index (χ1) is 8.22. The normalized spacial score (nSPS) is 10.2. The van der Waals surface area contributed by atoms with Gasteiger partial charge >= 0.3 is 0 Å². The van der Waals surface area contributed by atoms with E-state index in [1.54, 1.807) is 11.3 Å². The van der Waals surface area contributed by atoms with E-state index in [1.807, 2.05) is 37.4 Å². The predicted octanol–water partition coefficient (Wildman–Crippen LogP) is 4.18. The van der Waals surface area contributed by atoms with Gasteiger partial charge in [-0.1, -0.05) is 18.1 Å². The van der Waals surface area contributed by atoms with E-state index in [-0.39, 0.29) is 6.10 Å². The standard InChI is InChI=1S/C15H14OS/c1-4-13-14(12-8-9-17-10-12)6-5-7-15(13)16-11(2)3/h1,5-11H,2-3H3. The van der Waals surface area contributed by atoms with Crippen molar-refractivity contribution in [3.63, 3.8) is 0 Å². The van der Waals surface area contributed by atoms with Crippen LogP contribution in [0, 0.1) is 12.3 Å². The van der Waals surface area contributed by atoms with Crippen molar-refractivity contribution in [1.29, 1.82) is 0 Å². The van der Waals surface area contributed by atoms with Crippen molar-refractivity contribution in [2.24, 2.45) is 0 Å². The fourth-order valence-electron chi connectivity index (χ4n) is 1.69. The van der Waals surface area contributed by atoms with Gasteiger partial charge in [0.05, 0.1) is 11.7 Å². The maximum atomic E-state index is 5.74. The first-order valence-electron chi connectivity index (χ1n) is 5.51. The van der Waals surface area contributed by atoms with Crippen LogP contribution in [-0.2, 0) is 0 Å². The minimum absolute atomic E-state index is 0.125. The molecule has 2 aromatic rings. The molecule has 1 nitrogen and oxygen atoms in total. The van der Waals surface area contributed by atoms with Gasteiger partial charge in [-0.05, 0) is 42.3 Å². The highest BCUT2D eigenvalue weighted by atomic mass is 32.1. The molecule has 0 N–H and O–H groups in total. The van der Waals surface area contributed by atoms with Gasteiger partial charge in [-0.3, -0.25) is 0 Å². The summed E-state index contributed by atoms with van der Waals surface area (Å²) in [5.74, 6) is 3.52. The Balaban J connectivity index is 2.51. The zero-order valence-corrected chi connectivity index (χ0v) is 10.8. The minimum atomic E-state index is 0.125. The summed E-state index contributed by atoms with van der Waals surface area (Å²) < 4.78 is 5.74. The Bertz CT molecular complexity index is 533. The molecule has 0 unspecified atom stereocenters. The molecule has 0 amide bonds. The van der Waals surface area contributed by atoms with Crippen molar-refractivity contribution >= 4 is 11.3 Å². The number of ether oxygens (including phenoxy) is 1. The maximum Gasteiger partial charge on any atom is 0.135 e. The van der Waals surface area contributed by atoms with Crippen molar-refractivity contribution in [2.45, 2.75) is 20.0 Å². The number of rotatable bonds is 3. The predicted molar refractivity (Wildman–Crippen MR) is 73.5 cm³/mol. The summed E-state index contributed by atoms with van der Waals surface area (Å²) in [4.78, 5) is 0. The summed E-state index contributed by atoms with van der Waals surface area (Å²) in [5.41, 5.74) is 3.05. The number of hydrogen-bond donors (Lipinski definition) is 0. The lowest BCUT2D eigenvalue weighted by Gasteiger charge is -2.13. The second kappa shape index (κ2) is 5.07. The van der Waals surface area contributed by atoms with Crippen LogP contribution in [0.2, 0.25) is 0 Å². The van der Waals surface area contributed by atoms with E-state index in [9.17, 15) is 0 Å². The molecule has 0 radical (unpaired) electrons. The SMILES string of the molecule is C#Cc1c(OC(C)C)cccc1-c1ccsc1. The van der Waals surface area contributed by atoms with Gasteiger partial charge in [0.1, 0.15) is 5.75 Å². The molecule has 0 saturated heterocycles. The Hall–Kier alpha value is -1.72. The highest BCUT2D eigenvalue weighted by Gasteiger charge is 2.10. The van der Waals surface area contributed by atoms with Gasteiger partial charge < -0.3 is 4.74 Å². The molecule has 2 rings (SSSR count). The van der Waals surface area contributed by atoms with E-state index in [4.69, 9.17) is 11.2 Å². The molecule has 0 bridgehead atoms. The molecule has 1 aromatic heterocycles. The number of benzene rings is 1. The molecule has 86 valence electrons. The Morgan fingerprint density at radius 3 is 2.71 bits per heavy atom. The van der Waals surface area contributed by atoms with E-state index in [1.165, 1.54) is 0 Å². The molecule has 2 heteroatoms. The average molecular weight is 242 g/mol. The van der Waals surface area contributed by atoms with Gasteiger partial charge in [-0.15, -0.1) is 6.42 Å². The van der Waals surface area contributed by atoms with Gasteiger partial charge in [0, 0.05) is 5.56 Å². The smallest absolute Gasteiger partial charge is 0.135 e. The molecule has 0 saturated carbocycles. The largest absolute Gasteiger partial charge is 0.490 e.